The van der Waals surface area contributed by atoms with E-state index in [0.29, 0.717) is 5.75 Å². The molecule has 0 amide bonds. The molecule has 1 aromatic carbocycles. The number of rotatable bonds is 2. The van der Waals surface area contributed by atoms with Crippen molar-refractivity contribution >= 4 is 0 Å². The monoisotopic (exact) mass is 192 g/mol. The van der Waals surface area contributed by atoms with Crippen LogP contribution in [0.15, 0.2) is 18.2 Å². The van der Waals surface area contributed by atoms with E-state index in [4.69, 9.17) is 0 Å². The molecule has 2 N–H and O–H groups in total. The van der Waals surface area contributed by atoms with E-state index in [9.17, 15) is 10.2 Å². The summed E-state index contributed by atoms with van der Waals surface area (Å²) in [6, 6.07) is 5.60. The third-order valence-corrected chi connectivity index (χ3v) is 3.34. The van der Waals surface area contributed by atoms with Gasteiger partial charge in [0.25, 0.3) is 0 Å². The molecular weight excluding hydrogens is 176 g/mol. The molecule has 0 unspecified atom stereocenters. The number of hydrogen-bond acceptors (Lipinski definition) is 2. The molecule has 0 radical (unpaired) electrons. The van der Waals surface area contributed by atoms with Crippen LogP contribution in [-0.2, 0) is 5.41 Å². The van der Waals surface area contributed by atoms with Gasteiger partial charge in [-0.2, -0.15) is 0 Å². The van der Waals surface area contributed by atoms with Gasteiger partial charge in [-0.3, -0.25) is 0 Å². The van der Waals surface area contributed by atoms with Gasteiger partial charge in [0, 0.05) is 11.0 Å². The summed E-state index contributed by atoms with van der Waals surface area (Å²) in [5.41, 5.74) is 1.90. The van der Waals surface area contributed by atoms with E-state index in [2.05, 4.69) is 0 Å². The molecule has 0 saturated heterocycles. The highest BCUT2D eigenvalue weighted by atomic mass is 16.3. The standard InChI is InChI=1S/C12H16O2/c1-9-3-4-11(14)10(7-9)12(8-13)5-2-6-12/h3-4,7,13-14H,2,5-6,8H2,1H3. The average molecular weight is 192 g/mol. The van der Waals surface area contributed by atoms with Gasteiger partial charge in [-0.1, -0.05) is 24.1 Å². The predicted octanol–water partition coefficient (Wildman–Crippen LogP) is 2.11. The molecule has 0 atom stereocenters. The van der Waals surface area contributed by atoms with Crippen molar-refractivity contribution in [3.8, 4) is 5.75 Å². The molecule has 0 aromatic heterocycles. The van der Waals surface area contributed by atoms with Gasteiger partial charge < -0.3 is 10.2 Å². The Labute approximate surface area is 84.2 Å². The topological polar surface area (TPSA) is 40.5 Å². The summed E-state index contributed by atoms with van der Waals surface area (Å²) in [6.07, 6.45) is 3.12. The second-order valence-electron chi connectivity index (χ2n) is 4.31. The SMILES string of the molecule is Cc1ccc(O)c(C2(CO)CCC2)c1. The van der Waals surface area contributed by atoms with Gasteiger partial charge in [-0.25, -0.2) is 0 Å². The minimum Gasteiger partial charge on any atom is -0.508 e. The van der Waals surface area contributed by atoms with Gasteiger partial charge in [-0.15, -0.1) is 0 Å². The zero-order valence-corrected chi connectivity index (χ0v) is 8.45. The van der Waals surface area contributed by atoms with Crippen molar-refractivity contribution < 1.29 is 10.2 Å². The number of aliphatic hydroxyl groups is 1. The van der Waals surface area contributed by atoms with Crippen LogP contribution in [0.5, 0.6) is 5.75 Å². The van der Waals surface area contributed by atoms with Gasteiger partial charge >= 0.3 is 0 Å². The Morgan fingerprint density at radius 2 is 2.07 bits per heavy atom. The molecule has 1 aliphatic carbocycles. The molecule has 0 spiro atoms. The summed E-state index contributed by atoms with van der Waals surface area (Å²) < 4.78 is 0. The fraction of sp³-hybridized carbons (Fsp3) is 0.500. The first-order valence-corrected chi connectivity index (χ1v) is 5.09. The molecule has 0 bridgehead atoms. The summed E-state index contributed by atoms with van der Waals surface area (Å²) in [7, 11) is 0. The minimum absolute atomic E-state index is 0.143. The molecule has 1 aliphatic rings. The van der Waals surface area contributed by atoms with Crippen molar-refractivity contribution in [2.45, 2.75) is 31.6 Å². The number of hydrogen-bond donors (Lipinski definition) is 2. The van der Waals surface area contributed by atoms with E-state index in [-0.39, 0.29) is 12.0 Å². The molecule has 2 nitrogen and oxygen atoms in total. The Balaban J connectivity index is 2.43. The largest absolute Gasteiger partial charge is 0.508 e. The van der Waals surface area contributed by atoms with Crippen LogP contribution in [0.2, 0.25) is 0 Å². The summed E-state index contributed by atoms with van der Waals surface area (Å²) in [6.45, 7) is 2.15. The lowest BCUT2D eigenvalue weighted by Gasteiger charge is -2.41. The molecule has 0 heterocycles. The molecule has 76 valence electrons. The van der Waals surface area contributed by atoms with E-state index in [0.717, 1.165) is 30.4 Å². The van der Waals surface area contributed by atoms with Crippen molar-refractivity contribution in [3.63, 3.8) is 0 Å². The first-order chi connectivity index (χ1) is 6.68. The fourth-order valence-corrected chi connectivity index (χ4v) is 2.19. The second-order valence-corrected chi connectivity index (χ2v) is 4.31. The number of aliphatic hydroxyl groups excluding tert-OH is 1. The van der Waals surface area contributed by atoms with Crippen LogP contribution in [0, 0.1) is 6.92 Å². The van der Waals surface area contributed by atoms with Crippen molar-refractivity contribution in [3.05, 3.63) is 29.3 Å². The average Bonchev–Trinajstić information content (AvgIpc) is 2.10. The molecule has 2 rings (SSSR count). The maximum absolute atomic E-state index is 9.76. The van der Waals surface area contributed by atoms with Gasteiger partial charge in [0.15, 0.2) is 0 Å². The molecule has 1 fully saturated rings. The van der Waals surface area contributed by atoms with Crippen molar-refractivity contribution in [2.24, 2.45) is 0 Å². The summed E-state index contributed by atoms with van der Waals surface area (Å²) in [5.74, 6) is 0.323. The number of phenolic OH excluding ortho intramolecular Hbond substituents is 1. The maximum atomic E-state index is 9.76. The van der Waals surface area contributed by atoms with E-state index in [1.807, 2.05) is 19.1 Å². The zero-order valence-electron chi connectivity index (χ0n) is 8.45. The smallest absolute Gasteiger partial charge is 0.119 e. The quantitative estimate of drug-likeness (QED) is 0.753. The third kappa shape index (κ3) is 1.30. The molecular formula is C12H16O2. The third-order valence-electron chi connectivity index (χ3n) is 3.34. The van der Waals surface area contributed by atoms with Crippen LogP contribution in [0.1, 0.15) is 30.4 Å². The van der Waals surface area contributed by atoms with Crippen molar-refractivity contribution in [2.75, 3.05) is 6.61 Å². The lowest BCUT2D eigenvalue weighted by molar-refractivity contribution is 0.117. The summed E-state index contributed by atoms with van der Waals surface area (Å²) in [4.78, 5) is 0. The number of aryl methyl sites for hydroxylation is 1. The van der Waals surface area contributed by atoms with Crippen LogP contribution in [0.25, 0.3) is 0 Å². The van der Waals surface area contributed by atoms with E-state index in [1.54, 1.807) is 6.07 Å². The summed E-state index contributed by atoms with van der Waals surface area (Å²) >= 11 is 0. The van der Waals surface area contributed by atoms with Gasteiger partial charge in [0.1, 0.15) is 5.75 Å². The van der Waals surface area contributed by atoms with Crippen LogP contribution in [0.3, 0.4) is 0 Å². The van der Waals surface area contributed by atoms with Crippen molar-refractivity contribution in [1.82, 2.24) is 0 Å². The van der Waals surface area contributed by atoms with Crippen molar-refractivity contribution in [1.29, 1.82) is 0 Å². The van der Waals surface area contributed by atoms with Gasteiger partial charge in [0.2, 0.25) is 0 Å². The Hall–Kier alpha value is -1.02. The van der Waals surface area contributed by atoms with Crippen LogP contribution < -0.4 is 0 Å². The number of benzene rings is 1. The maximum Gasteiger partial charge on any atom is 0.119 e. The first-order valence-electron chi connectivity index (χ1n) is 5.09. The Morgan fingerprint density at radius 3 is 2.57 bits per heavy atom. The van der Waals surface area contributed by atoms with Crippen LogP contribution in [-0.4, -0.2) is 16.8 Å². The Bertz CT molecular complexity index is 335. The van der Waals surface area contributed by atoms with Gasteiger partial charge in [-0.05, 0) is 25.8 Å². The molecule has 2 heteroatoms. The highest BCUT2D eigenvalue weighted by molar-refractivity contribution is 5.42. The van der Waals surface area contributed by atoms with Crippen LogP contribution in [0.4, 0.5) is 0 Å². The molecule has 0 aliphatic heterocycles. The zero-order chi connectivity index (χ0) is 10.2. The lowest BCUT2D eigenvalue weighted by atomic mass is 9.64. The highest BCUT2D eigenvalue weighted by Gasteiger charge is 2.39. The van der Waals surface area contributed by atoms with E-state index >= 15 is 0 Å². The Morgan fingerprint density at radius 1 is 1.36 bits per heavy atom. The first kappa shape index (κ1) is 9.53. The minimum atomic E-state index is -0.157. The lowest BCUT2D eigenvalue weighted by Crippen LogP contribution is -2.38. The van der Waals surface area contributed by atoms with E-state index in [1.165, 1.54) is 0 Å². The Kier molecular flexibility index (Phi) is 2.23. The van der Waals surface area contributed by atoms with Gasteiger partial charge in [0.05, 0.1) is 6.61 Å². The molecule has 1 saturated carbocycles. The normalized spacial score (nSPS) is 19.0. The summed E-state index contributed by atoms with van der Waals surface area (Å²) in [5, 5.41) is 19.1. The molecule has 1 aromatic rings. The highest BCUT2D eigenvalue weighted by Crippen LogP contribution is 2.46. The van der Waals surface area contributed by atoms with Crippen LogP contribution >= 0.6 is 0 Å². The predicted molar refractivity (Wildman–Crippen MR) is 55.5 cm³/mol. The number of aromatic hydroxyl groups is 1. The fourth-order valence-electron chi connectivity index (χ4n) is 2.19. The molecule has 14 heavy (non-hydrogen) atoms. The number of phenols is 1. The van der Waals surface area contributed by atoms with E-state index < -0.39 is 0 Å². The second kappa shape index (κ2) is 3.28.